The zero-order chi connectivity index (χ0) is 22.9. The minimum Gasteiger partial charge on any atom is -0.442 e. The molecule has 0 radical (unpaired) electrons. The van der Waals surface area contributed by atoms with E-state index in [1.807, 2.05) is 0 Å². The van der Waals surface area contributed by atoms with E-state index in [1.54, 1.807) is 6.07 Å². The number of hydrogen-bond acceptors (Lipinski definition) is 5. The van der Waals surface area contributed by atoms with Crippen LogP contribution in [0.15, 0.2) is 30.0 Å². The van der Waals surface area contributed by atoms with E-state index in [0.29, 0.717) is 5.02 Å². The van der Waals surface area contributed by atoms with E-state index in [-0.39, 0.29) is 5.75 Å². The topological polar surface area (TPSA) is 77.1 Å². The smallest absolute Gasteiger partial charge is 0.435 e. The third kappa shape index (κ3) is 5.26. The zero-order valence-electron chi connectivity index (χ0n) is 16.3. The first-order valence-electron chi connectivity index (χ1n) is 8.35. The highest BCUT2D eigenvalue weighted by atomic mass is 35.5. The first-order chi connectivity index (χ1) is 13.8. The highest BCUT2D eigenvalue weighted by molar-refractivity contribution is 6.31. The fourth-order valence-electron chi connectivity index (χ4n) is 2.10. The largest absolute Gasteiger partial charge is 0.442 e. The quantitative estimate of drug-likeness (QED) is 0.336. The summed E-state index contributed by atoms with van der Waals surface area (Å²) in [6.45, 7) is 4.48. The molecule has 0 N–H and O–H groups in total. The highest BCUT2D eigenvalue weighted by Crippen LogP contribution is 2.40. The van der Waals surface area contributed by atoms with E-state index in [2.05, 4.69) is 5.10 Å². The van der Waals surface area contributed by atoms with Crippen LogP contribution in [0.5, 0.6) is 5.75 Å². The third-order valence-corrected chi connectivity index (χ3v) is 4.31. The average Bonchev–Trinajstić information content (AvgIpc) is 2.94. The molecule has 160 valence electrons. The van der Waals surface area contributed by atoms with Crippen molar-refractivity contribution in [1.82, 2.24) is 9.78 Å². The van der Waals surface area contributed by atoms with Crippen molar-refractivity contribution in [3.63, 3.8) is 0 Å². The molecule has 0 spiro atoms. The maximum Gasteiger partial charge on any atom is 0.435 e. The van der Waals surface area contributed by atoms with Gasteiger partial charge in [0, 0.05) is 12.1 Å². The highest BCUT2D eigenvalue weighted by Gasteiger charge is 2.42. The summed E-state index contributed by atoms with van der Waals surface area (Å²) in [5.41, 5.74) is -3.31. The Balaban J connectivity index is 2.75. The van der Waals surface area contributed by atoms with Crippen molar-refractivity contribution in [3.05, 3.63) is 51.5 Å². The molecular weight excluding hydrogens is 446 g/mol. The monoisotopic (exact) mass is 461 g/mol. The maximum absolute atomic E-state index is 13.6. The number of ether oxygens (including phenoxy) is 2. The Labute approximate surface area is 180 Å². The van der Waals surface area contributed by atoms with E-state index in [0.717, 1.165) is 4.68 Å². The van der Waals surface area contributed by atoms with Gasteiger partial charge in [-0.3, -0.25) is 9.48 Å². The van der Waals surface area contributed by atoms with Crippen LogP contribution in [0.2, 0.25) is 10.2 Å². The summed E-state index contributed by atoms with van der Waals surface area (Å²) in [5, 5.41) is 12.8. The normalized spacial score (nSPS) is 12.8. The Morgan fingerprint density at radius 3 is 2.20 bits per heavy atom. The van der Waals surface area contributed by atoms with Gasteiger partial charge in [-0.25, -0.2) is 0 Å². The van der Waals surface area contributed by atoms with Crippen LogP contribution < -0.4 is 4.74 Å². The number of benzene rings is 1. The minimum atomic E-state index is -4.94. The summed E-state index contributed by atoms with van der Waals surface area (Å²) in [7, 11) is 1.18. The molecule has 0 saturated carbocycles. The maximum atomic E-state index is 13.6. The summed E-state index contributed by atoms with van der Waals surface area (Å²) in [6, 6.07) is 7.29. The van der Waals surface area contributed by atoms with Crippen LogP contribution in [0.4, 0.5) is 13.2 Å². The first kappa shape index (κ1) is 23.6. The van der Waals surface area contributed by atoms with Crippen molar-refractivity contribution in [3.8, 4) is 11.8 Å². The number of alkyl halides is 3. The molecule has 0 unspecified atom stereocenters. The molecule has 6 nitrogen and oxygen atoms in total. The summed E-state index contributed by atoms with van der Waals surface area (Å²) >= 11 is 11.8. The van der Waals surface area contributed by atoms with Crippen LogP contribution in [0.1, 0.15) is 32.0 Å². The molecule has 11 heteroatoms. The molecule has 1 aromatic carbocycles. The molecule has 0 atom stereocenters. The van der Waals surface area contributed by atoms with E-state index in [1.165, 1.54) is 52.1 Å². The van der Waals surface area contributed by atoms with Crippen molar-refractivity contribution < 1.29 is 27.4 Å². The number of aromatic nitrogens is 2. The third-order valence-electron chi connectivity index (χ3n) is 3.62. The van der Waals surface area contributed by atoms with E-state index in [4.69, 9.17) is 32.7 Å². The molecule has 0 saturated heterocycles. The van der Waals surface area contributed by atoms with Crippen LogP contribution in [0.3, 0.4) is 0 Å². The van der Waals surface area contributed by atoms with Crippen LogP contribution in [0.25, 0.3) is 5.76 Å². The minimum absolute atomic E-state index is 0.0776. The molecule has 2 aromatic rings. The molecule has 30 heavy (non-hydrogen) atoms. The number of aryl methyl sites for hydroxylation is 1. The second-order valence-corrected chi connectivity index (χ2v) is 7.90. The Morgan fingerprint density at radius 2 is 1.73 bits per heavy atom. The van der Waals surface area contributed by atoms with Gasteiger partial charge in [-0.1, -0.05) is 23.2 Å². The van der Waals surface area contributed by atoms with Gasteiger partial charge in [-0.15, -0.1) is 0 Å². The molecule has 2 rings (SSSR count). The number of allylic oxidation sites excluding steroid dienone is 1. The summed E-state index contributed by atoms with van der Waals surface area (Å²) in [5.74, 6) is -2.33. The standard InChI is InChI=1S/C19H16Cl2F3N3O3/c1-18(2,3)17(28)30-14(12(9-25)29-11-7-5-10(20)6-8-11)13-15(19(22,23)24)26-27(4)16(13)21/h5-8H,1-4H3/b14-12+. The van der Waals surface area contributed by atoms with Crippen molar-refractivity contribution in [2.75, 3.05) is 0 Å². The Kier molecular flexibility index (Phi) is 6.74. The van der Waals surface area contributed by atoms with Gasteiger partial charge >= 0.3 is 12.1 Å². The SMILES string of the molecule is Cn1nc(C(F)(F)F)c(/C(OC(=O)C(C)(C)C)=C(/C#N)Oc2ccc(Cl)cc2)c1Cl. The molecule has 0 aliphatic rings. The van der Waals surface area contributed by atoms with Gasteiger partial charge in [0.15, 0.2) is 11.5 Å². The van der Waals surface area contributed by atoms with Gasteiger partial charge in [0.25, 0.3) is 0 Å². The molecule has 0 aliphatic carbocycles. The molecule has 0 aliphatic heterocycles. The van der Waals surface area contributed by atoms with Gasteiger partial charge in [-0.05, 0) is 45.0 Å². The predicted molar refractivity (Wildman–Crippen MR) is 103 cm³/mol. The number of hydrogen-bond donors (Lipinski definition) is 0. The molecule has 1 heterocycles. The van der Waals surface area contributed by atoms with Gasteiger partial charge in [0.2, 0.25) is 5.76 Å². The van der Waals surface area contributed by atoms with Crippen LogP contribution in [-0.4, -0.2) is 15.7 Å². The lowest BCUT2D eigenvalue weighted by atomic mass is 9.97. The zero-order valence-corrected chi connectivity index (χ0v) is 17.8. The van der Waals surface area contributed by atoms with E-state index >= 15 is 0 Å². The van der Waals surface area contributed by atoms with E-state index < -0.39 is 45.5 Å². The Morgan fingerprint density at radius 1 is 1.17 bits per heavy atom. The first-order valence-corrected chi connectivity index (χ1v) is 9.11. The van der Waals surface area contributed by atoms with Crippen molar-refractivity contribution in [2.45, 2.75) is 26.9 Å². The molecule has 0 fully saturated rings. The lowest BCUT2D eigenvalue weighted by molar-refractivity contribution is -0.147. The lowest BCUT2D eigenvalue weighted by Crippen LogP contribution is -2.24. The number of carbonyl (C=O) groups excluding carboxylic acids is 1. The second-order valence-electron chi connectivity index (χ2n) is 7.10. The van der Waals surface area contributed by atoms with Gasteiger partial charge in [-0.2, -0.15) is 23.5 Å². The predicted octanol–water partition coefficient (Wildman–Crippen LogP) is 5.61. The van der Waals surface area contributed by atoms with Crippen molar-refractivity contribution >= 4 is 34.9 Å². The van der Waals surface area contributed by atoms with Crippen LogP contribution in [0, 0.1) is 16.7 Å². The summed E-state index contributed by atoms with van der Waals surface area (Å²) in [6.07, 6.45) is -4.94. The van der Waals surface area contributed by atoms with Gasteiger partial charge in [0.05, 0.1) is 11.0 Å². The number of carbonyl (C=O) groups is 1. The molecular formula is C19H16Cl2F3N3O3. The fourth-order valence-corrected chi connectivity index (χ4v) is 2.44. The number of esters is 1. The van der Waals surface area contributed by atoms with Crippen molar-refractivity contribution in [2.24, 2.45) is 12.5 Å². The van der Waals surface area contributed by atoms with Gasteiger partial charge < -0.3 is 9.47 Å². The number of nitriles is 1. The number of halogens is 5. The summed E-state index contributed by atoms with van der Waals surface area (Å²) < 4.78 is 52.1. The second kappa shape index (κ2) is 8.58. The number of nitrogens with zero attached hydrogens (tertiary/aromatic N) is 3. The Hall–Kier alpha value is -2.70. The fraction of sp³-hybridized carbons (Fsp3) is 0.316. The van der Waals surface area contributed by atoms with Crippen LogP contribution in [-0.2, 0) is 22.8 Å². The summed E-state index contributed by atoms with van der Waals surface area (Å²) in [4.78, 5) is 12.5. The van der Waals surface area contributed by atoms with E-state index in [9.17, 15) is 23.2 Å². The molecule has 0 bridgehead atoms. The molecule has 1 aromatic heterocycles. The Bertz CT molecular complexity index is 1030. The number of rotatable bonds is 4. The van der Waals surface area contributed by atoms with Crippen molar-refractivity contribution in [1.29, 1.82) is 5.26 Å². The van der Waals surface area contributed by atoms with Gasteiger partial charge in [0.1, 0.15) is 17.0 Å². The lowest BCUT2D eigenvalue weighted by Gasteiger charge is -2.19. The van der Waals surface area contributed by atoms with Crippen LogP contribution >= 0.6 is 23.2 Å². The molecule has 0 amide bonds. The average molecular weight is 462 g/mol.